The molecule has 0 saturated heterocycles. The van der Waals surface area contributed by atoms with Gasteiger partial charge in [0.05, 0.1) is 0 Å². The van der Waals surface area contributed by atoms with Crippen molar-refractivity contribution in [2.24, 2.45) is 0 Å². The van der Waals surface area contributed by atoms with Gasteiger partial charge in [-0.05, 0) is 12.8 Å². The van der Waals surface area contributed by atoms with Crippen molar-refractivity contribution in [3.8, 4) is 0 Å². The van der Waals surface area contributed by atoms with Gasteiger partial charge in [0.2, 0.25) is 0 Å². The van der Waals surface area contributed by atoms with Gasteiger partial charge in [-0.15, -0.1) is 0 Å². The minimum atomic E-state index is 0.279. The van der Waals surface area contributed by atoms with Crippen LogP contribution in [0.1, 0.15) is 12.8 Å². The summed E-state index contributed by atoms with van der Waals surface area (Å²) in [6, 6.07) is 0. The van der Waals surface area contributed by atoms with E-state index in [0.29, 0.717) is 0 Å². The summed E-state index contributed by atoms with van der Waals surface area (Å²) in [5.41, 5.74) is 0. The molecule has 0 bridgehead atoms. The highest BCUT2D eigenvalue weighted by atomic mass is 16.2. The number of aliphatic hydroxyl groups excluding tert-OH is 1. The quantitative estimate of drug-likeness (QED) is 0.431. The monoisotopic (exact) mass is 112 g/mol. The molecule has 0 rings (SSSR count). The Bertz CT molecular complexity index is 74.5. The molecular weight excluding hydrogens is 100 g/mol. The molecule has 0 aromatic rings. The predicted octanol–water partition coefficient (Wildman–Crippen LogP) is 1.50. The zero-order chi connectivity index (χ0) is 6.24. The van der Waals surface area contributed by atoms with E-state index in [1.54, 1.807) is 6.08 Å². The van der Waals surface area contributed by atoms with Crippen molar-refractivity contribution in [2.45, 2.75) is 12.8 Å². The fourth-order valence-corrected chi connectivity index (χ4v) is 0.402. The molecule has 0 fully saturated rings. The van der Waals surface area contributed by atoms with Gasteiger partial charge in [-0.1, -0.05) is 24.8 Å². The minimum absolute atomic E-state index is 0.279. The molecule has 1 N–H and O–H groups in total. The summed E-state index contributed by atoms with van der Waals surface area (Å²) in [5, 5.41) is 8.31. The van der Waals surface area contributed by atoms with Gasteiger partial charge >= 0.3 is 0 Å². The molecule has 0 aliphatic heterocycles. The van der Waals surface area contributed by atoms with Crippen molar-refractivity contribution in [3.63, 3.8) is 0 Å². The van der Waals surface area contributed by atoms with E-state index in [4.69, 9.17) is 5.11 Å². The van der Waals surface area contributed by atoms with E-state index < -0.39 is 0 Å². The molecule has 0 aliphatic rings. The van der Waals surface area contributed by atoms with Crippen LogP contribution in [0, 0.1) is 0 Å². The molecule has 0 radical (unpaired) electrons. The Balaban J connectivity index is 2.91. The highest BCUT2D eigenvalue weighted by molar-refractivity contribution is 4.96. The van der Waals surface area contributed by atoms with Crippen LogP contribution < -0.4 is 0 Å². The average molecular weight is 112 g/mol. The SMILES string of the molecule is C=CC=CCCCO. The maximum atomic E-state index is 8.31. The van der Waals surface area contributed by atoms with Crippen LogP contribution in [0.25, 0.3) is 0 Å². The number of allylic oxidation sites excluding steroid dienone is 3. The first-order valence-electron chi connectivity index (χ1n) is 2.80. The first-order valence-corrected chi connectivity index (χ1v) is 2.80. The van der Waals surface area contributed by atoms with Crippen molar-refractivity contribution in [2.75, 3.05) is 6.61 Å². The topological polar surface area (TPSA) is 20.2 Å². The van der Waals surface area contributed by atoms with Crippen LogP contribution in [-0.4, -0.2) is 11.7 Å². The number of aliphatic hydroxyl groups is 1. The molecule has 0 aromatic heterocycles. The van der Waals surface area contributed by atoms with E-state index in [1.807, 2.05) is 12.2 Å². The lowest BCUT2D eigenvalue weighted by molar-refractivity contribution is 0.289. The van der Waals surface area contributed by atoms with Gasteiger partial charge in [0.25, 0.3) is 0 Å². The number of hydrogen-bond acceptors (Lipinski definition) is 1. The summed E-state index contributed by atoms with van der Waals surface area (Å²) in [6.07, 6.45) is 7.41. The van der Waals surface area contributed by atoms with Crippen LogP contribution >= 0.6 is 0 Å². The van der Waals surface area contributed by atoms with Crippen molar-refractivity contribution in [1.82, 2.24) is 0 Å². The zero-order valence-corrected chi connectivity index (χ0v) is 5.01. The standard InChI is InChI=1S/C7H12O/c1-2-3-4-5-6-7-8/h2-4,8H,1,5-7H2. The van der Waals surface area contributed by atoms with Gasteiger partial charge in [-0.3, -0.25) is 0 Å². The van der Waals surface area contributed by atoms with E-state index in [2.05, 4.69) is 6.58 Å². The Hall–Kier alpha value is -0.560. The normalized spacial score (nSPS) is 10.1. The highest BCUT2D eigenvalue weighted by Gasteiger charge is 1.74. The predicted molar refractivity (Wildman–Crippen MR) is 35.7 cm³/mol. The number of rotatable bonds is 4. The van der Waals surface area contributed by atoms with E-state index >= 15 is 0 Å². The molecule has 0 amide bonds. The number of hydrogen-bond donors (Lipinski definition) is 1. The van der Waals surface area contributed by atoms with Gasteiger partial charge < -0.3 is 5.11 Å². The molecule has 0 saturated carbocycles. The highest BCUT2D eigenvalue weighted by Crippen LogP contribution is 1.87. The van der Waals surface area contributed by atoms with Crippen LogP contribution in [0.2, 0.25) is 0 Å². The van der Waals surface area contributed by atoms with Gasteiger partial charge in [-0.2, -0.15) is 0 Å². The maximum absolute atomic E-state index is 8.31. The second-order valence-electron chi connectivity index (χ2n) is 1.53. The summed E-state index contributed by atoms with van der Waals surface area (Å²) in [4.78, 5) is 0. The van der Waals surface area contributed by atoms with Crippen LogP contribution in [0.5, 0.6) is 0 Å². The van der Waals surface area contributed by atoms with Crippen molar-refractivity contribution in [1.29, 1.82) is 0 Å². The third-order valence-electron chi connectivity index (χ3n) is 0.801. The zero-order valence-electron chi connectivity index (χ0n) is 5.01. The molecule has 46 valence electrons. The molecule has 0 spiro atoms. The maximum Gasteiger partial charge on any atom is 0.0433 e. The Morgan fingerprint density at radius 2 is 2.25 bits per heavy atom. The minimum Gasteiger partial charge on any atom is -0.396 e. The van der Waals surface area contributed by atoms with E-state index in [9.17, 15) is 0 Å². The van der Waals surface area contributed by atoms with Crippen LogP contribution in [0.4, 0.5) is 0 Å². The molecule has 0 aliphatic carbocycles. The van der Waals surface area contributed by atoms with Crippen LogP contribution in [0.3, 0.4) is 0 Å². The molecule has 0 unspecified atom stereocenters. The second kappa shape index (κ2) is 6.44. The van der Waals surface area contributed by atoms with Gasteiger partial charge in [-0.25, -0.2) is 0 Å². The van der Waals surface area contributed by atoms with Crippen LogP contribution in [0.15, 0.2) is 24.8 Å². The van der Waals surface area contributed by atoms with E-state index in [0.717, 1.165) is 12.8 Å². The molecule has 1 nitrogen and oxygen atoms in total. The van der Waals surface area contributed by atoms with Crippen molar-refractivity contribution < 1.29 is 5.11 Å². The van der Waals surface area contributed by atoms with E-state index in [1.165, 1.54) is 0 Å². The van der Waals surface area contributed by atoms with Gasteiger partial charge in [0, 0.05) is 6.61 Å². The lowest BCUT2D eigenvalue weighted by Crippen LogP contribution is -1.77. The third kappa shape index (κ3) is 5.44. The Morgan fingerprint density at radius 1 is 1.50 bits per heavy atom. The summed E-state index contributed by atoms with van der Waals surface area (Å²) >= 11 is 0. The molecule has 8 heavy (non-hydrogen) atoms. The Labute approximate surface area is 50.3 Å². The average Bonchev–Trinajstić information content (AvgIpc) is 1.81. The largest absolute Gasteiger partial charge is 0.396 e. The Morgan fingerprint density at radius 3 is 2.75 bits per heavy atom. The van der Waals surface area contributed by atoms with Crippen molar-refractivity contribution >= 4 is 0 Å². The molecule has 0 heterocycles. The smallest absolute Gasteiger partial charge is 0.0433 e. The van der Waals surface area contributed by atoms with Crippen molar-refractivity contribution in [3.05, 3.63) is 24.8 Å². The molecular formula is C7H12O. The summed E-state index contributed by atoms with van der Waals surface area (Å²) in [5.74, 6) is 0. The fraction of sp³-hybridized carbons (Fsp3) is 0.429. The summed E-state index contributed by atoms with van der Waals surface area (Å²) < 4.78 is 0. The molecule has 0 aromatic carbocycles. The summed E-state index contributed by atoms with van der Waals surface area (Å²) in [6.45, 7) is 3.79. The summed E-state index contributed by atoms with van der Waals surface area (Å²) in [7, 11) is 0. The fourth-order valence-electron chi connectivity index (χ4n) is 0.402. The first-order chi connectivity index (χ1) is 3.91. The van der Waals surface area contributed by atoms with Crippen LogP contribution in [-0.2, 0) is 0 Å². The molecule has 0 atom stereocenters. The molecule has 1 heteroatoms. The van der Waals surface area contributed by atoms with Gasteiger partial charge in [0.15, 0.2) is 0 Å². The lowest BCUT2D eigenvalue weighted by atomic mass is 10.3. The van der Waals surface area contributed by atoms with E-state index in [-0.39, 0.29) is 6.61 Å². The lowest BCUT2D eigenvalue weighted by Gasteiger charge is -1.84. The second-order valence-corrected chi connectivity index (χ2v) is 1.53. The third-order valence-corrected chi connectivity index (χ3v) is 0.801. The number of unbranched alkanes of at least 4 members (excludes halogenated alkanes) is 1. The van der Waals surface area contributed by atoms with Gasteiger partial charge in [0.1, 0.15) is 0 Å². The Kier molecular flexibility index (Phi) is 5.99. The first kappa shape index (κ1) is 7.44.